The molecule has 1 unspecified atom stereocenters. The smallest absolute Gasteiger partial charge is 0.184 e. The van der Waals surface area contributed by atoms with Crippen molar-refractivity contribution < 1.29 is 14.6 Å². The van der Waals surface area contributed by atoms with Crippen molar-refractivity contribution in [3.05, 3.63) is 95.6 Å². The molecule has 1 heterocycles. The van der Waals surface area contributed by atoms with E-state index in [1.165, 1.54) is 0 Å². The molecule has 1 N–H and O–H groups in total. The highest BCUT2D eigenvalue weighted by Gasteiger charge is 2.24. The molecule has 0 aliphatic carbocycles. The molecule has 1 aliphatic heterocycles. The first kappa shape index (κ1) is 16.0. The summed E-state index contributed by atoms with van der Waals surface area (Å²) < 4.78 is 11.2. The molecule has 0 radical (unpaired) electrons. The summed E-state index contributed by atoms with van der Waals surface area (Å²) in [5.41, 5.74) is 4.86. The monoisotopic (exact) mass is 332 g/mol. The molecule has 126 valence electrons. The second kappa shape index (κ2) is 7.19. The third-order valence-electron chi connectivity index (χ3n) is 4.50. The number of aliphatic hydroxyl groups is 1. The minimum absolute atomic E-state index is 0.394. The molecule has 3 nitrogen and oxygen atoms in total. The second-order valence-corrected chi connectivity index (χ2v) is 6.09. The van der Waals surface area contributed by atoms with E-state index >= 15 is 0 Å². The fourth-order valence-corrected chi connectivity index (χ4v) is 3.18. The Kier molecular flexibility index (Phi) is 4.61. The summed E-state index contributed by atoms with van der Waals surface area (Å²) in [7, 11) is 0. The molecule has 0 bridgehead atoms. The maximum Gasteiger partial charge on any atom is 0.184 e. The summed E-state index contributed by atoms with van der Waals surface area (Å²) in [4.78, 5) is 0. The van der Waals surface area contributed by atoms with Crippen molar-refractivity contribution in [3.8, 4) is 11.1 Å². The molecule has 1 fully saturated rings. The first-order valence-corrected chi connectivity index (χ1v) is 8.48. The third-order valence-corrected chi connectivity index (χ3v) is 4.50. The Balaban J connectivity index is 1.62. The fraction of sp³-hybridized carbons (Fsp3) is 0.182. The van der Waals surface area contributed by atoms with E-state index in [2.05, 4.69) is 12.1 Å². The van der Waals surface area contributed by atoms with Gasteiger partial charge in [0.25, 0.3) is 0 Å². The average Bonchev–Trinajstić information content (AvgIpc) is 3.23. The molecule has 3 aromatic carbocycles. The molecule has 0 spiro atoms. The molecule has 1 aliphatic rings. The van der Waals surface area contributed by atoms with Gasteiger partial charge in [-0.2, -0.15) is 0 Å². The van der Waals surface area contributed by atoms with E-state index < -0.39 is 12.4 Å². The van der Waals surface area contributed by atoms with Gasteiger partial charge in [0.05, 0.1) is 13.2 Å². The molecule has 1 saturated heterocycles. The quantitative estimate of drug-likeness (QED) is 0.765. The number of aliphatic hydroxyl groups excluding tert-OH is 1. The van der Waals surface area contributed by atoms with Crippen molar-refractivity contribution in [3.63, 3.8) is 0 Å². The van der Waals surface area contributed by atoms with E-state index in [-0.39, 0.29) is 0 Å². The van der Waals surface area contributed by atoms with Crippen LogP contribution in [0.15, 0.2) is 78.9 Å². The van der Waals surface area contributed by atoms with Crippen LogP contribution >= 0.6 is 0 Å². The van der Waals surface area contributed by atoms with Crippen LogP contribution < -0.4 is 0 Å². The lowest BCUT2D eigenvalue weighted by Gasteiger charge is -2.19. The largest absolute Gasteiger partial charge is 0.384 e. The van der Waals surface area contributed by atoms with Crippen molar-refractivity contribution in [2.45, 2.75) is 12.4 Å². The molecule has 4 rings (SSSR count). The molecule has 0 saturated carbocycles. The third kappa shape index (κ3) is 3.35. The zero-order valence-electron chi connectivity index (χ0n) is 13.8. The molecule has 25 heavy (non-hydrogen) atoms. The lowest BCUT2D eigenvalue weighted by Crippen LogP contribution is -2.08. The lowest BCUT2D eigenvalue weighted by molar-refractivity contribution is -0.0456. The van der Waals surface area contributed by atoms with Crippen LogP contribution in [0.5, 0.6) is 0 Å². The van der Waals surface area contributed by atoms with Gasteiger partial charge in [-0.25, -0.2) is 0 Å². The van der Waals surface area contributed by atoms with E-state index in [0.29, 0.717) is 13.2 Å². The van der Waals surface area contributed by atoms with E-state index in [4.69, 9.17) is 9.47 Å². The van der Waals surface area contributed by atoms with Gasteiger partial charge in [-0.15, -0.1) is 0 Å². The van der Waals surface area contributed by atoms with Gasteiger partial charge in [-0.3, -0.25) is 0 Å². The zero-order valence-corrected chi connectivity index (χ0v) is 13.8. The highest BCUT2D eigenvalue weighted by molar-refractivity contribution is 5.63. The Morgan fingerprint density at radius 2 is 1.32 bits per heavy atom. The van der Waals surface area contributed by atoms with Crippen molar-refractivity contribution >= 4 is 0 Å². The first-order valence-electron chi connectivity index (χ1n) is 8.48. The Morgan fingerprint density at radius 1 is 0.720 bits per heavy atom. The molecule has 3 heteroatoms. The summed E-state index contributed by atoms with van der Waals surface area (Å²) in [5, 5.41) is 10.9. The zero-order chi connectivity index (χ0) is 17.1. The van der Waals surface area contributed by atoms with Crippen molar-refractivity contribution in [2.24, 2.45) is 0 Å². The molecular weight excluding hydrogens is 312 g/mol. The normalized spacial score (nSPS) is 16.0. The number of ether oxygens (including phenoxy) is 2. The van der Waals surface area contributed by atoms with Crippen LogP contribution in [-0.2, 0) is 9.47 Å². The summed E-state index contributed by atoms with van der Waals surface area (Å²) in [6.45, 7) is 1.17. The van der Waals surface area contributed by atoms with Crippen LogP contribution in [0.4, 0.5) is 0 Å². The van der Waals surface area contributed by atoms with Crippen LogP contribution in [0.25, 0.3) is 11.1 Å². The first-order chi connectivity index (χ1) is 12.3. The van der Waals surface area contributed by atoms with Crippen molar-refractivity contribution in [1.82, 2.24) is 0 Å². The van der Waals surface area contributed by atoms with E-state index in [1.807, 2.05) is 66.7 Å². The number of hydrogen-bond acceptors (Lipinski definition) is 3. The standard InChI is InChI=1S/C22H20O3/c23-21(19-8-4-5-9-20(19)22-24-14-15-25-22)18-12-10-17(11-13-18)16-6-2-1-3-7-16/h1-13,21-23H,14-15H2. The summed E-state index contributed by atoms with van der Waals surface area (Å²) >= 11 is 0. The molecule has 3 aromatic rings. The Morgan fingerprint density at radius 3 is 2.04 bits per heavy atom. The van der Waals surface area contributed by atoms with Gasteiger partial charge in [0.1, 0.15) is 6.10 Å². The maximum absolute atomic E-state index is 10.9. The summed E-state index contributed by atoms with van der Waals surface area (Å²) in [6.07, 6.45) is -1.11. The van der Waals surface area contributed by atoms with Gasteiger partial charge >= 0.3 is 0 Å². The molecule has 0 amide bonds. The number of benzene rings is 3. The van der Waals surface area contributed by atoms with Gasteiger partial charge < -0.3 is 14.6 Å². The number of rotatable bonds is 4. The minimum atomic E-state index is -0.714. The lowest BCUT2D eigenvalue weighted by atomic mass is 9.95. The van der Waals surface area contributed by atoms with Crippen LogP contribution in [-0.4, -0.2) is 18.3 Å². The summed E-state index contributed by atoms with van der Waals surface area (Å²) in [5.74, 6) is 0. The molecule has 1 atom stereocenters. The topological polar surface area (TPSA) is 38.7 Å². The Labute approximate surface area is 147 Å². The predicted octanol–water partition coefficient (Wildman–Crippen LogP) is 4.48. The van der Waals surface area contributed by atoms with Gasteiger partial charge in [0, 0.05) is 5.56 Å². The van der Waals surface area contributed by atoms with E-state index in [1.54, 1.807) is 0 Å². The highest BCUT2D eigenvalue weighted by atomic mass is 16.7. The number of hydrogen-bond donors (Lipinski definition) is 1. The highest BCUT2D eigenvalue weighted by Crippen LogP contribution is 2.33. The summed E-state index contributed by atoms with van der Waals surface area (Å²) in [6, 6.07) is 26.0. The molecular formula is C22H20O3. The van der Waals surface area contributed by atoms with Gasteiger partial charge in [0.2, 0.25) is 0 Å². The van der Waals surface area contributed by atoms with Crippen LogP contribution in [0.1, 0.15) is 29.1 Å². The van der Waals surface area contributed by atoms with Crippen LogP contribution in [0.2, 0.25) is 0 Å². The van der Waals surface area contributed by atoms with Crippen LogP contribution in [0.3, 0.4) is 0 Å². The van der Waals surface area contributed by atoms with E-state index in [0.717, 1.165) is 27.8 Å². The second-order valence-electron chi connectivity index (χ2n) is 6.09. The van der Waals surface area contributed by atoms with Crippen molar-refractivity contribution in [1.29, 1.82) is 0 Å². The van der Waals surface area contributed by atoms with Gasteiger partial charge in [0.15, 0.2) is 6.29 Å². The van der Waals surface area contributed by atoms with Crippen molar-refractivity contribution in [2.75, 3.05) is 13.2 Å². The van der Waals surface area contributed by atoms with Gasteiger partial charge in [-0.1, -0.05) is 78.9 Å². The predicted molar refractivity (Wildman–Crippen MR) is 97.0 cm³/mol. The molecule has 0 aromatic heterocycles. The maximum atomic E-state index is 10.9. The van der Waals surface area contributed by atoms with Gasteiger partial charge in [-0.05, 0) is 22.3 Å². The Bertz CT molecular complexity index is 821. The average molecular weight is 332 g/mol. The SMILES string of the molecule is OC(c1ccc(-c2ccccc2)cc1)c1ccccc1C1OCCO1. The Hall–Kier alpha value is -2.46. The minimum Gasteiger partial charge on any atom is -0.384 e. The fourth-order valence-electron chi connectivity index (χ4n) is 3.18. The van der Waals surface area contributed by atoms with E-state index in [9.17, 15) is 5.11 Å². The van der Waals surface area contributed by atoms with Crippen LogP contribution in [0, 0.1) is 0 Å².